The zero-order valence-corrected chi connectivity index (χ0v) is 21.1. The van der Waals surface area contributed by atoms with Gasteiger partial charge in [-0.05, 0) is 57.7 Å². The molecule has 3 saturated heterocycles. The van der Waals surface area contributed by atoms with E-state index in [0.717, 1.165) is 82.7 Å². The van der Waals surface area contributed by atoms with Crippen molar-refractivity contribution < 1.29 is 18.0 Å². The van der Waals surface area contributed by atoms with Crippen LogP contribution in [-0.4, -0.2) is 85.0 Å². The summed E-state index contributed by atoms with van der Waals surface area (Å²) in [5, 5.41) is 11.2. The third kappa shape index (κ3) is 4.11. The van der Waals surface area contributed by atoms with Crippen LogP contribution >= 0.6 is 0 Å². The second-order valence-corrected chi connectivity index (χ2v) is 12.4. The molecule has 5 heterocycles. The van der Waals surface area contributed by atoms with E-state index in [1.165, 1.54) is 17.5 Å². The van der Waals surface area contributed by atoms with Gasteiger partial charge in [-0.25, -0.2) is 9.78 Å². The summed E-state index contributed by atoms with van der Waals surface area (Å²) in [5.74, 6) is 3.01. The summed E-state index contributed by atoms with van der Waals surface area (Å²) in [4.78, 5) is 23.9. The molecule has 7 rings (SSSR count). The molecule has 0 atom stereocenters. The second kappa shape index (κ2) is 7.94. The first kappa shape index (κ1) is 23.5. The smallest absolute Gasteiger partial charge is 0.323 e. The fourth-order valence-corrected chi connectivity index (χ4v) is 6.96. The number of carbonyl (C=O) groups excluding carboxylic acids is 1. The van der Waals surface area contributed by atoms with Crippen LogP contribution in [0.15, 0.2) is 6.07 Å². The Kier molecular flexibility index (Phi) is 5.04. The molecule has 9 nitrogen and oxygen atoms in total. The third-order valence-electron chi connectivity index (χ3n) is 9.42. The lowest BCUT2D eigenvalue weighted by atomic mass is 9.57. The van der Waals surface area contributed by atoms with Gasteiger partial charge in [0.1, 0.15) is 5.82 Å². The van der Waals surface area contributed by atoms with E-state index >= 15 is 0 Å². The minimum absolute atomic E-state index is 0.157. The van der Waals surface area contributed by atoms with Gasteiger partial charge < -0.3 is 9.80 Å². The van der Waals surface area contributed by atoms with Crippen molar-refractivity contribution in [3.63, 3.8) is 0 Å². The molecule has 0 radical (unpaired) electrons. The van der Waals surface area contributed by atoms with Crippen LogP contribution in [0.5, 0.6) is 0 Å². The number of aromatic amines is 1. The van der Waals surface area contributed by atoms with E-state index in [1.807, 2.05) is 9.80 Å². The van der Waals surface area contributed by atoms with Crippen LogP contribution in [0.3, 0.4) is 0 Å². The van der Waals surface area contributed by atoms with Crippen LogP contribution in [0.25, 0.3) is 0 Å². The van der Waals surface area contributed by atoms with Gasteiger partial charge >= 0.3 is 12.2 Å². The SMILES string of the molecule is Cn1nc(C(F)(F)F)cc1CN1CCC2(CC1)CN(C(=O)N1CC3(CC(c4n[nH]c(C5CC5)n4)C3)C1)C2. The van der Waals surface area contributed by atoms with E-state index in [2.05, 4.69) is 20.2 Å². The zero-order valence-electron chi connectivity index (χ0n) is 21.1. The molecule has 0 unspecified atom stereocenters. The summed E-state index contributed by atoms with van der Waals surface area (Å²) in [7, 11) is 1.56. The molecule has 3 aliphatic heterocycles. The van der Waals surface area contributed by atoms with Crippen molar-refractivity contribution in [2.24, 2.45) is 17.9 Å². The summed E-state index contributed by atoms with van der Waals surface area (Å²) in [6, 6.07) is 1.31. The molecule has 0 aromatic carbocycles. The van der Waals surface area contributed by atoms with E-state index in [1.54, 1.807) is 7.05 Å². The molecule has 200 valence electrons. The Labute approximate surface area is 213 Å². The van der Waals surface area contributed by atoms with Crippen molar-refractivity contribution in [1.29, 1.82) is 0 Å². The lowest BCUT2D eigenvalue weighted by molar-refractivity contribution is -0.141. The average Bonchev–Trinajstić information content (AvgIpc) is 3.39. The number of nitrogens with zero attached hydrogens (tertiary/aromatic N) is 7. The Bertz CT molecular complexity index is 1190. The van der Waals surface area contributed by atoms with Gasteiger partial charge in [0.15, 0.2) is 11.5 Å². The summed E-state index contributed by atoms with van der Waals surface area (Å²) in [6.45, 7) is 5.37. The van der Waals surface area contributed by atoms with Crippen LogP contribution in [0.4, 0.5) is 18.0 Å². The van der Waals surface area contributed by atoms with Crippen molar-refractivity contribution in [3.8, 4) is 0 Å². The number of urea groups is 1. The van der Waals surface area contributed by atoms with Gasteiger partial charge in [-0.15, -0.1) is 0 Å². The fraction of sp³-hybridized carbons (Fsp3) is 0.760. The standard InChI is InChI=1S/C25H33F3N8O/c1-33-18(8-19(32-33)25(26,27)28)11-34-6-4-23(5-7-34)12-35(13-23)22(37)36-14-24(15-36)9-17(10-24)21-29-20(30-31-21)16-2-3-16/h8,16-17H,2-7,9-15H2,1H3,(H,29,30,31). The highest BCUT2D eigenvalue weighted by Gasteiger charge is 2.57. The number of H-pyrrole nitrogens is 1. The normalized spacial score (nSPS) is 25.3. The highest BCUT2D eigenvalue weighted by atomic mass is 19.4. The first-order valence-electron chi connectivity index (χ1n) is 13.4. The first-order valence-corrected chi connectivity index (χ1v) is 13.4. The highest BCUT2D eigenvalue weighted by molar-refractivity contribution is 5.76. The zero-order chi connectivity index (χ0) is 25.6. The summed E-state index contributed by atoms with van der Waals surface area (Å²) in [6.07, 6.45) is 2.08. The highest BCUT2D eigenvalue weighted by Crippen LogP contribution is 2.56. The van der Waals surface area contributed by atoms with Crippen LogP contribution < -0.4 is 0 Å². The number of halogens is 3. The number of alkyl halides is 3. The molecule has 0 bridgehead atoms. The average molecular weight is 519 g/mol. The molecular formula is C25H33F3N8O. The van der Waals surface area contributed by atoms with Crippen molar-refractivity contribution in [2.75, 3.05) is 39.3 Å². The third-order valence-corrected chi connectivity index (χ3v) is 9.42. The van der Waals surface area contributed by atoms with Crippen LogP contribution in [0.1, 0.15) is 73.4 Å². The van der Waals surface area contributed by atoms with Crippen molar-refractivity contribution in [1.82, 2.24) is 39.7 Å². The minimum Gasteiger partial charge on any atom is -0.323 e. The van der Waals surface area contributed by atoms with Crippen molar-refractivity contribution in [3.05, 3.63) is 29.1 Å². The Morgan fingerprint density at radius 3 is 2.30 bits per heavy atom. The molecule has 2 saturated carbocycles. The number of hydrogen-bond acceptors (Lipinski definition) is 5. The number of hydrogen-bond donors (Lipinski definition) is 1. The van der Waals surface area contributed by atoms with Gasteiger partial charge in [-0.2, -0.15) is 23.4 Å². The predicted octanol–water partition coefficient (Wildman–Crippen LogP) is 3.33. The lowest BCUT2D eigenvalue weighted by Crippen LogP contribution is -2.70. The largest absolute Gasteiger partial charge is 0.435 e. The number of aryl methyl sites for hydroxylation is 1. The topological polar surface area (TPSA) is 86.2 Å². The number of piperidine rings is 1. The second-order valence-electron chi connectivity index (χ2n) is 12.4. The monoisotopic (exact) mass is 518 g/mol. The summed E-state index contributed by atoms with van der Waals surface area (Å²) >= 11 is 0. The number of nitrogens with one attached hydrogen (secondary N) is 1. The van der Waals surface area contributed by atoms with E-state index in [4.69, 9.17) is 4.98 Å². The van der Waals surface area contributed by atoms with E-state index < -0.39 is 11.9 Å². The molecule has 2 aromatic rings. The molecular weight excluding hydrogens is 485 g/mol. The summed E-state index contributed by atoms with van der Waals surface area (Å²) in [5.41, 5.74) is 0.152. The molecule has 5 aliphatic rings. The Morgan fingerprint density at radius 1 is 1.05 bits per heavy atom. The number of amides is 2. The van der Waals surface area contributed by atoms with Crippen LogP contribution in [-0.2, 0) is 19.8 Å². The predicted molar refractivity (Wildman–Crippen MR) is 126 cm³/mol. The van der Waals surface area contributed by atoms with Crippen LogP contribution in [0.2, 0.25) is 0 Å². The number of aromatic nitrogens is 5. The Hall–Kier alpha value is -2.63. The maximum absolute atomic E-state index is 13.0. The number of likely N-dealkylation sites (tertiary alicyclic amines) is 3. The lowest BCUT2D eigenvalue weighted by Gasteiger charge is -2.61. The van der Waals surface area contributed by atoms with E-state index in [0.29, 0.717) is 24.1 Å². The molecule has 37 heavy (non-hydrogen) atoms. The quantitative estimate of drug-likeness (QED) is 0.671. The first-order chi connectivity index (χ1) is 17.6. The molecule has 1 N–H and O–H groups in total. The molecule has 12 heteroatoms. The molecule has 2 aliphatic carbocycles. The van der Waals surface area contributed by atoms with Gasteiger partial charge in [0.05, 0.1) is 5.69 Å². The molecule has 2 amide bonds. The van der Waals surface area contributed by atoms with E-state index in [-0.39, 0.29) is 16.9 Å². The summed E-state index contributed by atoms with van der Waals surface area (Å²) < 4.78 is 40.2. The maximum Gasteiger partial charge on any atom is 0.435 e. The maximum atomic E-state index is 13.0. The van der Waals surface area contributed by atoms with Gasteiger partial charge in [-0.3, -0.25) is 14.7 Å². The van der Waals surface area contributed by atoms with Crippen molar-refractivity contribution in [2.45, 2.75) is 63.1 Å². The Morgan fingerprint density at radius 2 is 1.70 bits per heavy atom. The fourth-order valence-electron chi connectivity index (χ4n) is 6.96. The van der Waals surface area contributed by atoms with Gasteiger partial charge in [0.25, 0.3) is 0 Å². The van der Waals surface area contributed by atoms with Gasteiger partial charge in [-0.1, -0.05) is 0 Å². The van der Waals surface area contributed by atoms with Gasteiger partial charge in [0.2, 0.25) is 0 Å². The van der Waals surface area contributed by atoms with Gasteiger partial charge in [0, 0.05) is 62.4 Å². The minimum atomic E-state index is -4.42. The van der Waals surface area contributed by atoms with Crippen LogP contribution in [0, 0.1) is 10.8 Å². The van der Waals surface area contributed by atoms with E-state index in [9.17, 15) is 18.0 Å². The van der Waals surface area contributed by atoms with Crippen molar-refractivity contribution >= 4 is 6.03 Å². The number of carbonyl (C=O) groups is 1. The molecule has 2 spiro atoms. The molecule has 2 aromatic heterocycles. The molecule has 5 fully saturated rings. The Balaban J connectivity index is 0.851. The number of rotatable bonds is 4.